The van der Waals surface area contributed by atoms with Crippen LogP contribution in [-0.2, 0) is 4.79 Å². The van der Waals surface area contributed by atoms with Crippen molar-refractivity contribution >= 4 is 5.97 Å². The average Bonchev–Trinajstić information content (AvgIpc) is 1.87. The van der Waals surface area contributed by atoms with Gasteiger partial charge < -0.3 is 5.11 Å². The maximum atomic E-state index is 11.9. The Morgan fingerprint density at radius 3 is 2.40 bits per heavy atom. The molecule has 1 heterocycles. The molecule has 0 amide bonds. The third-order valence-corrected chi connectivity index (χ3v) is 1.05. The third-order valence-electron chi connectivity index (χ3n) is 1.05. The van der Waals surface area contributed by atoms with Gasteiger partial charge in [0, 0.05) is 0 Å². The van der Waals surface area contributed by atoms with Crippen LogP contribution in [0, 0.1) is 0 Å². The Bertz CT molecular complexity index is 215. The lowest BCUT2D eigenvalue weighted by Crippen LogP contribution is -2.39. The van der Waals surface area contributed by atoms with Crippen molar-refractivity contribution in [2.75, 3.05) is 0 Å². The van der Waals surface area contributed by atoms with E-state index in [-0.39, 0.29) is 0 Å². The molecule has 3 nitrogen and oxygen atoms in total. The monoisotopic (exact) mass is 153 g/mol. The topological polar surface area (TPSA) is 40.5 Å². The number of halogens is 3. The number of rotatable bonds is 1. The lowest BCUT2D eigenvalue weighted by Gasteiger charge is -2.26. The number of alkyl halides is 1. The molecule has 0 fully saturated rings. The van der Waals surface area contributed by atoms with Gasteiger partial charge in [0.2, 0.25) is 0 Å². The first-order chi connectivity index (χ1) is 4.55. The van der Waals surface area contributed by atoms with E-state index < -0.39 is 28.9 Å². The Kier molecular flexibility index (Phi) is 1.31. The normalized spacial score (nSPS) is 24.7. The van der Waals surface area contributed by atoms with Gasteiger partial charge >= 0.3 is 5.97 Å². The van der Waals surface area contributed by atoms with Crippen LogP contribution in [0.5, 0.6) is 0 Å². The number of carbonyl (C=O) groups is 1. The number of aliphatic carboxylic acids is 1. The first kappa shape index (κ1) is 6.91. The smallest absolute Gasteiger partial charge is 0.357 e. The molecule has 6 heteroatoms. The van der Waals surface area contributed by atoms with Gasteiger partial charge in [-0.2, -0.15) is 5.12 Å². The highest BCUT2D eigenvalue weighted by Gasteiger charge is 2.44. The second-order valence-electron chi connectivity index (χ2n) is 1.65. The van der Waals surface area contributed by atoms with Crippen LogP contribution >= 0.6 is 0 Å². The Hall–Kier alpha value is -1.20. The van der Waals surface area contributed by atoms with Crippen molar-refractivity contribution in [2.45, 2.75) is 6.30 Å². The van der Waals surface area contributed by atoms with Crippen LogP contribution in [0.3, 0.4) is 0 Å². The molecule has 0 aromatic heterocycles. The molecule has 0 aliphatic carbocycles. The molecule has 1 aliphatic rings. The Morgan fingerprint density at radius 1 is 1.70 bits per heavy atom. The summed E-state index contributed by atoms with van der Waals surface area (Å²) in [4.78, 5) is 9.80. The molecule has 0 aromatic rings. The van der Waals surface area contributed by atoms with Crippen molar-refractivity contribution in [3.63, 3.8) is 0 Å². The second-order valence-corrected chi connectivity index (χ2v) is 1.65. The highest BCUT2D eigenvalue weighted by Crippen LogP contribution is 2.33. The molecule has 1 aliphatic heterocycles. The van der Waals surface area contributed by atoms with Crippen molar-refractivity contribution in [3.8, 4) is 0 Å². The van der Waals surface area contributed by atoms with Crippen LogP contribution in [0.15, 0.2) is 11.5 Å². The van der Waals surface area contributed by atoms with Crippen molar-refractivity contribution < 1.29 is 23.2 Å². The number of nitrogens with zero attached hydrogens (tertiary/aromatic N) is 1. The molecule has 1 unspecified atom stereocenters. The van der Waals surface area contributed by atoms with Crippen LogP contribution in [0.2, 0.25) is 0 Å². The predicted octanol–water partition coefficient (Wildman–Crippen LogP) is 0.748. The molecule has 56 valence electrons. The van der Waals surface area contributed by atoms with Gasteiger partial charge in [0.05, 0.1) is 0 Å². The minimum atomic E-state index is -2.54. The van der Waals surface area contributed by atoms with Crippen LogP contribution < -0.4 is 0 Å². The zero-order chi connectivity index (χ0) is 7.89. The second kappa shape index (κ2) is 1.89. The van der Waals surface area contributed by atoms with E-state index in [1.54, 1.807) is 0 Å². The van der Waals surface area contributed by atoms with E-state index in [4.69, 9.17) is 5.11 Å². The van der Waals surface area contributed by atoms with Crippen molar-refractivity contribution in [3.05, 3.63) is 11.5 Å². The molecule has 0 spiro atoms. The average molecular weight is 153 g/mol. The Balaban J connectivity index is 2.88. The minimum Gasteiger partial charge on any atom is -0.476 e. The van der Waals surface area contributed by atoms with Crippen LogP contribution in [0.4, 0.5) is 13.3 Å². The van der Waals surface area contributed by atoms with Crippen LogP contribution in [-0.4, -0.2) is 22.5 Å². The molecule has 1 N–H and O–H groups in total. The fourth-order valence-electron chi connectivity index (χ4n) is 0.555. The van der Waals surface area contributed by atoms with E-state index in [1.807, 2.05) is 0 Å². The third kappa shape index (κ3) is 0.647. The van der Waals surface area contributed by atoms with Gasteiger partial charge in [0.15, 0.2) is 11.5 Å². The molecular formula is C4H2F3NO2. The van der Waals surface area contributed by atoms with Gasteiger partial charge in [0.25, 0.3) is 6.30 Å². The SMILES string of the molecule is O=C(O)C1=C(F)C(F)N1F. The Morgan fingerprint density at radius 2 is 2.20 bits per heavy atom. The van der Waals surface area contributed by atoms with Crippen LogP contribution in [0.25, 0.3) is 0 Å². The van der Waals surface area contributed by atoms with Crippen molar-refractivity contribution in [1.29, 1.82) is 0 Å². The van der Waals surface area contributed by atoms with Gasteiger partial charge in [-0.15, -0.1) is 0 Å². The summed E-state index contributed by atoms with van der Waals surface area (Å²) in [6.45, 7) is 0. The molecule has 1 atom stereocenters. The fourth-order valence-corrected chi connectivity index (χ4v) is 0.555. The Labute approximate surface area is 53.3 Å². The van der Waals surface area contributed by atoms with Gasteiger partial charge in [-0.1, -0.05) is 4.48 Å². The zero-order valence-corrected chi connectivity index (χ0v) is 4.51. The lowest BCUT2D eigenvalue weighted by atomic mass is 10.2. The van der Waals surface area contributed by atoms with E-state index in [9.17, 15) is 18.1 Å². The van der Waals surface area contributed by atoms with Gasteiger partial charge in [0.1, 0.15) is 0 Å². The van der Waals surface area contributed by atoms with Gasteiger partial charge in [-0.05, 0) is 0 Å². The standard InChI is InChI=1S/C4H2F3NO2/c5-1-2(4(9)10)8(7)3(1)6/h3H,(H,9,10). The highest BCUT2D eigenvalue weighted by molar-refractivity contribution is 5.88. The van der Waals surface area contributed by atoms with E-state index >= 15 is 0 Å². The van der Waals surface area contributed by atoms with E-state index in [1.165, 1.54) is 0 Å². The molecule has 0 aromatic carbocycles. The van der Waals surface area contributed by atoms with Crippen molar-refractivity contribution in [1.82, 2.24) is 5.12 Å². The molecule has 0 radical (unpaired) electrons. The van der Waals surface area contributed by atoms with Crippen LogP contribution in [0.1, 0.15) is 0 Å². The van der Waals surface area contributed by atoms with Gasteiger partial charge in [-0.3, -0.25) is 0 Å². The summed E-state index contributed by atoms with van der Waals surface area (Å²) in [6.07, 6.45) is -2.54. The summed E-state index contributed by atoms with van der Waals surface area (Å²) in [5, 5.41) is 7.17. The van der Waals surface area contributed by atoms with Gasteiger partial charge in [-0.25, -0.2) is 13.6 Å². The first-order valence-corrected chi connectivity index (χ1v) is 2.27. The predicted molar refractivity (Wildman–Crippen MR) is 23.6 cm³/mol. The highest BCUT2D eigenvalue weighted by atomic mass is 19.2. The number of carboxylic acid groups (broad SMARTS) is 1. The quantitative estimate of drug-likeness (QED) is 0.446. The molecule has 0 bridgehead atoms. The molecule has 10 heavy (non-hydrogen) atoms. The largest absolute Gasteiger partial charge is 0.476 e. The zero-order valence-electron chi connectivity index (χ0n) is 4.51. The van der Waals surface area contributed by atoms with Crippen molar-refractivity contribution in [2.24, 2.45) is 0 Å². The number of carboxylic acids is 1. The summed E-state index contributed by atoms with van der Waals surface area (Å²) >= 11 is 0. The number of hydrogen-bond donors (Lipinski definition) is 1. The summed E-state index contributed by atoms with van der Waals surface area (Å²) < 4.78 is 35.5. The molecular weight excluding hydrogens is 151 g/mol. The fraction of sp³-hybridized carbons (Fsp3) is 0.250. The number of hydrogen-bond acceptors (Lipinski definition) is 2. The maximum Gasteiger partial charge on any atom is 0.357 e. The van der Waals surface area contributed by atoms with E-state index in [0.717, 1.165) is 0 Å². The lowest BCUT2D eigenvalue weighted by molar-refractivity contribution is -0.147. The first-order valence-electron chi connectivity index (χ1n) is 2.27. The van der Waals surface area contributed by atoms with E-state index in [0.29, 0.717) is 0 Å². The maximum absolute atomic E-state index is 11.9. The molecule has 1 rings (SSSR count). The summed E-state index contributed by atoms with van der Waals surface area (Å²) in [5.41, 5.74) is -1.26. The van der Waals surface area contributed by atoms with E-state index in [2.05, 4.69) is 0 Å². The minimum absolute atomic E-state index is 0.780. The summed E-state index contributed by atoms with van der Waals surface area (Å²) in [7, 11) is 0. The molecule has 0 saturated carbocycles. The summed E-state index contributed by atoms with van der Waals surface area (Å²) in [5.74, 6) is -3.39. The molecule has 0 saturated heterocycles. The summed E-state index contributed by atoms with van der Waals surface area (Å²) in [6, 6.07) is 0.